The van der Waals surface area contributed by atoms with Crippen molar-refractivity contribution in [2.45, 2.75) is 56.3 Å². The van der Waals surface area contributed by atoms with Gasteiger partial charge in [-0.2, -0.15) is 13.2 Å². The van der Waals surface area contributed by atoms with Gasteiger partial charge >= 0.3 is 6.18 Å². The zero-order chi connectivity index (χ0) is 31.8. The molecule has 9 nitrogen and oxygen atoms in total. The van der Waals surface area contributed by atoms with Crippen LogP contribution in [0.3, 0.4) is 0 Å². The highest BCUT2D eigenvalue weighted by Gasteiger charge is 2.47. The number of benzene rings is 1. The number of aliphatic hydroxyl groups is 1. The first-order valence-electron chi connectivity index (χ1n) is 16.0. The number of amides is 2. The van der Waals surface area contributed by atoms with E-state index in [0.29, 0.717) is 32.0 Å². The molecule has 244 valence electrons. The lowest BCUT2D eigenvalue weighted by Gasteiger charge is -2.40. The van der Waals surface area contributed by atoms with Gasteiger partial charge in [-0.15, -0.1) is 0 Å². The van der Waals surface area contributed by atoms with Gasteiger partial charge in [0.05, 0.1) is 29.7 Å². The lowest BCUT2D eigenvalue weighted by atomic mass is 9.79. The zero-order valence-electron chi connectivity index (χ0n) is 25.9. The summed E-state index contributed by atoms with van der Waals surface area (Å²) in [7, 11) is 2.14. The molecule has 12 heteroatoms. The zero-order valence-corrected chi connectivity index (χ0v) is 25.9. The number of pyridine rings is 1. The fraction of sp³-hybridized carbons (Fsp3) is 0.606. The van der Waals surface area contributed by atoms with E-state index in [-0.39, 0.29) is 23.4 Å². The third-order valence-electron chi connectivity index (χ3n) is 10.5. The van der Waals surface area contributed by atoms with Crippen LogP contribution in [0.25, 0.3) is 0 Å². The Kier molecular flexibility index (Phi) is 8.84. The number of hydrogen-bond donors (Lipinski definition) is 2. The van der Waals surface area contributed by atoms with Crippen molar-refractivity contribution in [3.63, 3.8) is 0 Å². The summed E-state index contributed by atoms with van der Waals surface area (Å²) in [6, 6.07) is 8.66. The molecule has 2 N–H and O–H groups in total. The quantitative estimate of drug-likeness (QED) is 0.507. The van der Waals surface area contributed by atoms with Crippen LogP contribution in [0.1, 0.15) is 60.1 Å². The van der Waals surface area contributed by atoms with Gasteiger partial charge in [0.2, 0.25) is 5.91 Å². The number of carbonyl (C=O) groups is 2. The van der Waals surface area contributed by atoms with Gasteiger partial charge in [-0.1, -0.05) is 6.07 Å². The molecule has 1 aromatic heterocycles. The number of carbonyl (C=O) groups excluding carboxylic acids is 2. The van der Waals surface area contributed by atoms with E-state index < -0.39 is 23.2 Å². The van der Waals surface area contributed by atoms with Crippen LogP contribution in [-0.2, 0) is 16.6 Å². The number of rotatable bonds is 6. The first-order chi connectivity index (χ1) is 21.4. The lowest BCUT2D eigenvalue weighted by molar-refractivity contribution is -0.137. The van der Waals surface area contributed by atoms with E-state index >= 15 is 0 Å². The number of nitrogens with zero attached hydrogens (tertiary/aromatic N) is 5. The Hall–Kier alpha value is -3.22. The van der Waals surface area contributed by atoms with Gasteiger partial charge in [-0.3, -0.25) is 19.5 Å². The smallest absolute Gasteiger partial charge is 0.384 e. The Morgan fingerprint density at radius 2 is 1.71 bits per heavy atom. The van der Waals surface area contributed by atoms with Crippen molar-refractivity contribution in [1.29, 1.82) is 0 Å². The van der Waals surface area contributed by atoms with Crippen molar-refractivity contribution in [2.75, 3.05) is 70.9 Å². The Morgan fingerprint density at radius 3 is 2.40 bits per heavy atom. The van der Waals surface area contributed by atoms with Gasteiger partial charge in [-0.25, -0.2) is 0 Å². The number of piperazine rings is 1. The maximum Gasteiger partial charge on any atom is 0.416 e. The molecule has 2 aromatic rings. The second kappa shape index (κ2) is 12.5. The molecule has 1 saturated carbocycles. The van der Waals surface area contributed by atoms with Crippen LogP contribution >= 0.6 is 0 Å². The minimum Gasteiger partial charge on any atom is -0.384 e. The fourth-order valence-corrected chi connectivity index (χ4v) is 7.58. The molecular weight excluding hydrogens is 585 g/mol. The van der Waals surface area contributed by atoms with Crippen LogP contribution in [0.5, 0.6) is 0 Å². The van der Waals surface area contributed by atoms with E-state index in [9.17, 15) is 27.9 Å². The number of anilines is 1. The largest absolute Gasteiger partial charge is 0.416 e. The van der Waals surface area contributed by atoms with Crippen molar-refractivity contribution < 1.29 is 27.9 Å². The van der Waals surface area contributed by atoms with Crippen LogP contribution in [0.15, 0.2) is 42.6 Å². The Morgan fingerprint density at radius 1 is 0.978 bits per heavy atom. The molecule has 1 atom stereocenters. The average molecular weight is 629 g/mol. The molecule has 0 radical (unpaired) electrons. The number of halogens is 3. The van der Waals surface area contributed by atoms with Crippen molar-refractivity contribution in [2.24, 2.45) is 5.41 Å². The van der Waals surface area contributed by atoms with Crippen molar-refractivity contribution >= 4 is 17.5 Å². The molecule has 3 saturated heterocycles. The van der Waals surface area contributed by atoms with E-state index in [1.54, 1.807) is 4.90 Å². The molecule has 4 fully saturated rings. The predicted molar refractivity (Wildman–Crippen MR) is 164 cm³/mol. The molecule has 1 aromatic carbocycles. The van der Waals surface area contributed by atoms with Crippen molar-refractivity contribution in [1.82, 2.24) is 25.0 Å². The molecule has 6 rings (SSSR count). The van der Waals surface area contributed by atoms with Crippen LogP contribution in [0.2, 0.25) is 0 Å². The number of nitrogens with one attached hydrogen (secondary N) is 1. The third kappa shape index (κ3) is 6.97. The number of likely N-dealkylation sites (N-methyl/N-ethyl adjacent to an activating group) is 1. The van der Waals surface area contributed by atoms with Crippen LogP contribution in [0, 0.1) is 5.41 Å². The summed E-state index contributed by atoms with van der Waals surface area (Å²) in [6.07, 6.45) is 2.34. The van der Waals surface area contributed by atoms with Crippen LogP contribution < -0.4 is 10.2 Å². The van der Waals surface area contributed by atoms with E-state index in [2.05, 4.69) is 33.1 Å². The standard InChI is InChI=1S/C33H43F3N6O3/c1-39-15-17-40(18-16-39)27-5-6-28(37-20-27)32(45)9-7-26(8-10-32)41-13-11-31(22-41)12-14-42(23-31)29(43)21-38-30(44)24-3-2-4-25(19-24)33(34,35)36/h2-6,19-20,26,45H,7-18,21-23H2,1H3,(H,38,44)/t26?,31-,32?/m0/s1. The maximum atomic E-state index is 13.0. The van der Waals surface area contributed by atoms with Crippen LogP contribution in [-0.4, -0.2) is 109 Å². The fourth-order valence-electron chi connectivity index (χ4n) is 7.58. The van der Waals surface area contributed by atoms with Gasteiger partial charge in [0.1, 0.15) is 5.60 Å². The topological polar surface area (TPSA) is 92.3 Å². The summed E-state index contributed by atoms with van der Waals surface area (Å²) in [5.41, 5.74) is -0.0719. The summed E-state index contributed by atoms with van der Waals surface area (Å²) in [6.45, 7) is 6.84. The first-order valence-corrected chi connectivity index (χ1v) is 16.0. The summed E-state index contributed by atoms with van der Waals surface area (Å²) in [5, 5.41) is 14.0. The van der Waals surface area contributed by atoms with Crippen molar-refractivity contribution in [3.05, 3.63) is 59.4 Å². The first kappa shape index (κ1) is 31.7. The van der Waals surface area contributed by atoms with Gasteiger partial charge in [0.15, 0.2) is 0 Å². The Bertz CT molecular complexity index is 1370. The highest BCUT2D eigenvalue weighted by atomic mass is 19.4. The Labute approximate surface area is 262 Å². The van der Waals surface area contributed by atoms with E-state index in [1.165, 1.54) is 12.1 Å². The second-order valence-corrected chi connectivity index (χ2v) is 13.5. The molecule has 0 unspecified atom stereocenters. The number of hydrogen-bond acceptors (Lipinski definition) is 7. The summed E-state index contributed by atoms with van der Waals surface area (Å²) in [5.74, 6) is -0.923. The number of likely N-dealkylation sites (tertiary alicyclic amines) is 2. The van der Waals surface area contributed by atoms with Gasteiger partial charge in [-0.05, 0) is 82.4 Å². The minimum atomic E-state index is -4.54. The van der Waals surface area contributed by atoms with Crippen molar-refractivity contribution in [3.8, 4) is 0 Å². The SMILES string of the molecule is CN1CCN(c2ccc(C3(O)CCC(N4CC[C@]5(CCN(C(=O)CNC(=O)c6cccc(C(F)(F)F)c6)C5)C4)CC3)nc2)CC1. The maximum absolute atomic E-state index is 13.0. The summed E-state index contributed by atoms with van der Waals surface area (Å²) < 4.78 is 39.0. The molecule has 2 amide bonds. The molecule has 1 aliphatic carbocycles. The lowest BCUT2D eigenvalue weighted by Crippen LogP contribution is -2.44. The predicted octanol–water partition coefficient (Wildman–Crippen LogP) is 3.34. The average Bonchev–Trinajstić information content (AvgIpc) is 3.66. The molecular formula is C33H43F3N6O3. The second-order valence-electron chi connectivity index (χ2n) is 13.5. The number of aromatic nitrogens is 1. The molecule has 4 heterocycles. The third-order valence-corrected chi connectivity index (χ3v) is 10.5. The monoisotopic (exact) mass is 628 g/mol. The minimum absolute atomic E-state index is 0.00903. The van der Waals surface area contributed by atoms with E-state index in [1.807, 2.05) is 12.3 Å². The highest BCUT2D eigenvalue weighted by molar-refractivity contribution is 5.96. The van der Waals surface area contributed by atoms with Crippen LogP contribution in [0.4, 0.5) is 18.9 Å². The summed E-state index contributed by atoms with van der Waals surface area (Å²) in [4.78, 5) is 39.1. The number of alkyl halides is 3. The van der Waals surface area contributed by atoms with Gasteiger partial charge in [0, 0.05) is 62.8 Å². The Balaban J connectivity index is 0.967. The highest BCUT2D eigenvalue weighted by Crippen LogP contribution is 2.44. The molecule has 3 aliphatic heterocycles. The summed E-state index contributed by atoms with van der Waals surface area (Å²) >= 11 is 0. The van der Waals surface area contributed by atoms with E-state index in [0.717, 1.165) is 88.5 Å². The molecule has 1 spiro atoms. The normalized spacial score (nSPS) is 28.2. The van der Waals surface area contributed by atoms with Gasteiger partial charge < -0.3 is 25.1 Å². The van der Waals surface area contributed by atoms with E-state index in [4.69, 9.17) is 4.98 Å². The van der Waals surface area contributed by atoms with Gasteiger partial charge in [0.25, 0.3) is 5.91 Å². The molecule has 45 heavy (non-hydrogen) atoms. The molecule has 4 aliphatic rings. The molecule has 0 bridgehead atoms.